The fourth-order valence-corrected chi connectivity index (χ4v) is 4.11. The molecule has 0 amide bonds. The zero-order chi connectivity index (χ0) is 16.3. The van der Waals surface area contributed by atoms with Crippen LogP contribution in [0.15, 0.2) is 59.5 Å². The Hall–Kier alpha value is -1.85. The second-order valence-electron chi connectivity index (χ2n) is 6.10. The van der Waals surface area contributed by atoms with Crippen LogP contribution in [0.5, 0.6) is 0 Å². The molecule has 1 aliphatic heterocycles. The highest BCUT2D eigenvalue weighted by molar-refractivity contribution is 7.89. The molecule has 1 unspecified atom stereocenters. The van der Waals surface area contributed by atoms with Crippen LogP contribution in [-0.4, -0.2) is 28.1 Å². The highest BCUT2D eigenvalue weighted by Crippen LogP contribution is 2.24. The Morgan fingerprint density at radius 2 is 1.91 bits per heavy atom. The average Bonchev–Trinajstić information content (AvgIpc) is 3.03. The Labute approximate surface area is 138 Å². The lowest BCUT2D eigenvalue weighted by atomic mass is 10.1. The van der Waals surface area contributed by atoms with Gasteiger partial charge in [-0.05, 0) is 49.1 Å². The molecule has 1 fully saturated rings. The molecule has 0 saturated carbocycles. The van der Waals surface area contributed by atoms with Crippen LogP contribution in [0.25, 0.3) is 0 Å². The van der Waals surface area contributed by atoms with E-state index in [2.05, 4.69) is 40.8 Å². The van der Waals surface area contributed by atoms with Crippen molar-refractivity contribution < 1.29 is 8.42 Å². The molecular weight excluding hydrogens is 308 g/mol. The number of hydrogen-bond donors (Lipinski definition) is 1. The molecule has 2 aromatic carbocycles. The summed E-state index contributed by atoms with van der Waals surface area (Å²) in [5, 5.41) is 0. The van der Waals surface area contributed by atoms with Crippen LogP contribution < -0.4 is 9.62 Å². The minimum absolute atomic E-state index is 0.327. The van der Waals surface area contributed by atoms with Gasteiger partial charge in [-0.1, -0.05) is 30.3 Å². The normalized spacial score (nSPS) is 18.3. The first-order chi connectivity index (χ1) is 11.0. The lowest BCUT2D eigenvalue weighted by Gasteiger charge is -2.19. The van der Waals surface area contributed by atoms with E-state index in [9.17, 15) is 8.42 Å². The van der Waals surface area contributed by atoms with Crippen molar-refractivity contribution in [3.05, 3.63) is 60.2 Å². The number of rotatable bonds is 5. The molecule has 0 bridgehead atoms. The standard InChI is InChI=1S/C18H22N2O2S/c1-15-6-5-7-17(12-15)20-11-10-16(14-20)13-19-23(21,22)18-8-3-2-4-9-18/h2-9,12,16,19H,10-11,13-14H2,1H3. The van der Waals surface area contributed by atoms with E-state index in [4.69, 9.17) is 0 Å². The van der Waals surface area contributed by atoms with Gasteiger partial charge in [0.2, 0.25) is 10.0 Å². The average molecular weight is 330 g/mol. The summed E-state index contributed by atoms with van der Waals surface area (Å²) in [6, 6.07) is 17.0. The molecule has 3 rings (SSSR count). The second kappa shape index (κ2) is 6.72. The number of hydrogen-bond acceptors (Lipinski definition) is 3. The van der Waals surface area contributed by atoms with Crippen LogP contribution in [0.2, 0.25) is 0 Å². The summed E-state index contributed by atoms with van der Waals surface area (Å²) in [5.74, 6) is 0.342. The largest absolute Gasteiger partial charge is 0.371 e. The fourth-order valence-electron chi connectivity index (χ4n) is 2.97. The van der Waals surface area contributed by atoms with Crippen LogP contribution in [0.3, 0.4) is 0 Å². The van der Waals surface area contributed by atoms with Gasteiger partial charge in [0, 0.05) is 25.3 Å². The van der Waals surface area contributed by atoms with Gasteiger partial charge in [0.05, 0.1) is 4.90 Å². The van der Waals surface area contributed by atoms with Crippen LogP contribution in [0.4, 0.5) is 5.69 Å². The van der Waals surface area contributed by atoms with Crippen molar-refractivity contribution in [3.63, 3.8) is 0 Å². The lowest BCUT2D eigenvalue weighted by Crippen LogP contribution is -2.31. The predicted molar refractivity (Wildman–Crippen MR) is 93.1 cm³/mol. The van der Waals surface area contributed by atoms with Gasteiger partial charge in [0.25, 0.3) is 0 Å². The summed E-state index contributed by atoms with van der Waals surface area (Å²) in [7, 11) is -3.41. The Bertz CT molecular complexity index is 760. The number of nitrogens with zero attached hydrogens (tertiary/aromatic N) is 1. The monoisotopic (exact) mass is 330 g/mol. The molecule has 5 heteroatoms. The van der Waals surface area contributed by atoms with Crippen molar-refractivity contribution in [2.75, 3.05) is 24.5 Å². The lowest BCUT2D eigenvalue weighted by molar-refractivity contribution is 0.541. The predicted octanol–water partition coefficient (Wildman–Crippen LogP) is 2.80. The first-order valence-corrected chi connectivity index (χ1v) is 9.39. The third kappa shape index (κ3) is 3.92. The van der Waals surface area contributed by atoms with Crippen molar-refractivity contribution in [1.82, 2.24) is 4.72 Å². The summed E-state index contributed by atoms with van der Waals surface area (Å²) in [5.41, 5.74) is 2.47. The zero-order valence-corrected chi connectivity index (χ0v) is 14.1. The summed E-state index contributed by atoms with van der Waals surface area (Å²) in [6.45, 7) is 4.44. The first-order valence-electron chi connectivity index (χ1n) is 7.91. The molecule has 1 heterocycles. The number of benzene rings is 2. The Morgan fingerprint density at radius 3 is 2.65 bits per heavy atom. The van der Waals surface area contributed by atoms with Gasteiger partial charge < -0.3 is 4.90 Å². The molecular formula is C18H22N2O2S. The molecule has 23 heavy (non-hydrogen) atoms. The van der Waals surface area contributed by atoms with Gasteiger partial charge in [-0.15, -0.1) is 0 Å². The number of aryl methyl sites for hydroxylation is 1. The molecule has 0 radical (unpaired) electrons. The molecule has 4 nitrogen and oxygen atoms in total. The van der Waals surface area contributed by atoms with Gasteiger partial charge in [0.1, 0.15) is 0 Å². The molecule has 0 aromatic heterocycles. The Balaban J connectivity index is 1.58. The topological polar surface area (TPSA) is 49.4 Å². The van der Waals surface area contributed by atoms with E-state index in [0.29, 0.717) is 17.4 Å². The minimum Gasteiger partial charge on any atom is -0.371 e. The SMILES string of the molecule is Cc1cccc(N2CCC(CNS(=O)(=O)c3ccccc3)C2)c1. The first kappa shape index (κ1) is 16.0. The second-order valence-corrected chi connectivity index (χ2v) is 7.87. The number of anilines is 1. The molecule has 0 spiro atoms. The van der Waals surface area contributed by atoms with Gasteiger partial charge in [-0.3, -0.25) is 0 Å². The van der Waals surface area contributed by atoms with Gasteiger partial charge in [-0.25, -0.2) is 13.1 Å². The van der Waals surface area contributed by atoms with E-state index < -0.39 is 10.0 Å². The van der Waals surface area contributed by atoms with E-state index >= 15 is 0 Å². The van der Waals surface area contributed by atoms with Crippen molar-refractivity contribution in [2.45, 2.75) is 18.2 Å². The molecule has 2 aromatic rings. The van der Waals surface area contributed by atoms with E-state index in [1.165, 1.54) is 11.3 Å². The number of sulfonamides is 1. The van der Waals surface area contributed by atoms with Gasteiger partial charge in [-0.2, -0.15) is 0 Å². The fraction of sp³-hybridized carbons (Fsp3) is 0.333. The summed E-state index contributed by atoms with van der Waals surface area (Å²) < 4.78 is 27.3. The summed E-state index contributed by atoms with van der Waals surface area (Å²) in [6.07, 6.45) is 1.01. The summed E-state index contributed by atoms with van der Waals surface area (Å²) in [4.78, 5) is 2.66. The van der Waals surface area contributed by atoms with Crippen molar-refractivity contribution >= 4 is 15.7 Å². The van der Waals surface area contributed by atoms with Crippen LogP contribution in [0, 0.1) is 12.8 Å². The van der Waals surface area contributed by atoms with Gasteiger partial charge in [0.15, 0.2) is 0 Å². The highest BCUT2D eigenvalue weighted by atomic mass is 32.2. The third-order valence-electron chi connectivity index (χ3n) is 4.27. The minimum atomic E-state index is -3.41. The third-order valence-corrected chi connectivity index (χ3v) is 5.71. The highest BCUT2D eigenvalue weighted by Gasteiger charge is 2.24. The quantitative estimate of drug-likeness (QED) is 0.917. The van der Waals surface area contributed by atoms with Crippen molar-refractivity contribution in [2.24, 2.45) is 5.92 Å². The maximum atomic E-state index is 12.3. The van der Waals surface area contributed by atoms with Crippen LogP contribution in [0.1, 0.15) is 12.0 Å². The van der Waals surface area contributed by atoms with E-state index in [1.807, 2.05) is 6.07 Å². The maximum absolute atomic E-state index is 12.3. The Kier molecular flexibility index (Phi) is 4.68. The number of nitrogens with one attached hydrogen (secondary N) is 1. The van der Waals surface area contributed by atoms with Crippen LogP contribution >= 0.6 is 0 Å². The molecule has 1 N–H and O–H groups in total. The Morgan fingerprint density at radius 1 is 1.13 bits per heavy atom. The molecule has 0 aliphatic carbocycles. The van der Waals surface area contributed by atoms with Crippen molar-refractivity contribution in [1.29, 1.82) is 0 Å². The van der Waals surface area contributed by atoms with Crippen molar-refractivity contribution in [3.8, 4) is 0 Å². The summed E-state index contributed by atoms with van der Waals surface area (Å²) >= 11 is 0. The molecule has 122 valence electrons. The van der Waals surface area contributed by atoms with E-state index in [-0.39, 0.29) is 0 Å². The maximum Gasteiger partial charge on any atom is 0.240 e. The van der Waals surface area contributed by atoms with Crippen LogP contribution in [-0.2, 0) is 10.0 Å². The molecule has 1 saturated heterocycles. The molecule has 1 aliphatic rings. The molecule has 1 atom stereocenters. The zero-order valence-electron chi connectivity index (χ0n) is 13.3. The van der Waals surface area contributed by atoms with Gasteiger partial charge >= 0.3 is 0 Å². The van der Waals surface area contributed by atoms with E-state index in [1.54, 1.807) is 24.3 Å². The van der Waals surface area contributed by atoms with E-state index in [0.717, 1.165) is 19.5 Å². The smallest absolute Gasteiger partial charge is 0.240 e.